The molecule has 1 aliphatic rings. The molecule has 1 atom stereocenters. The molecule has 2 aromatic carbocycles. The number of nitrogens with zero attached hydrogens (tertiary/aromatic N) is 3. The maximum Gasteiger partial charge on any atom is 0.320 e. The van der Waals surface area contributed by atoms with E-state index in [0.717, 1.165) is 42.5 Å². The summed E-state index contributed by atoms with van der Waals surface area (Å²) in [4.78, 5) is 27.2. The van der Waals surface area contributed by atoms with E-state index in [2.05, 4.69) is 4.90 Å². The first-order valence-electron chi connectivity index (χ1n) is 11.2. The molecule has 2 heterocycles. The van der Waals surface area contributed by atoms with E-state index in [1.807, 2.05) is 24.3 Å². The first kappa shape index (κ1) is 22.1. The molecule has 1 saturated heterocycles. The van der Waals surface area contributed by atoms with Gasteiger partial charge in [0.2, 0.25) is 0 Å². The lowest BCUT2D eigenvalue weighted by molar-refractivity contribution is -0.144. The summed E-state index contributed by atoms with van der Waals surface area (Å²) in [6.45, 7) is 3.95. The van der Waals surface area contributed by atoms with E-state index in [1.165, 1.54) is 12.1 Å². The summed E-state index contributed by atoms with van der Waals surface area (Å²) in [5.41, 5.74) is 1.66. The van der Waals surface area contributed by atoms with Crippen LogP contribution in [-0.4, -0.2) is 46.9 Å². The monoisotopic (exact) mass is 437 g/mol. The SMILES string of the molecule is CCOC(=O)CN1CCCC(n2nc(Cc3ccc(F)cc3)c3ccccc3c2=O)CC1. The highest BCUT2D eigenvalue weighted by Crippen LogP contribution is 2.24. The van der Waals surface area contributed by atoms with E-state index >= 15 is 0 Å². The molecule has 1 fully saturated rings. The Morgan fingerprint density at radius 3 is 2.59 bits per heavy atom. The highest BCUT2D eigenvalue weighted by Gasteiger charge is 2.23. The number of carbonyl (C=O) groups excluding carboxylic acids is 1. The van der Waals surface area contributed by atoms with Gasteiger partial charge in [0.25, 0.3) is 5.56 Å². The topological polar surface area (TPSA) is 64.4 Å². The van der Waals surface area contributed by atoms with Gasteiger partial charge in [0, 0.05) is 18.4 Å². The van der Waals surface area contributed by atoms with Gasteiger partial charge in [-0.3, -0.25) is 14.5 Å². The van der Waals surface area contributed by atoms with Crippen LogP contribution in [0.1, 0.15) is 43.5 Å². The van der Waals surface area contributed by atoms with E-state index in [-0.39, 0.29) is 29.9 Å². The predicted octanol–water partition coefficient (Wildman–Crippen LogP) is 3.72. The molecular weight excluding hydrogens is 409 g/mol. The average molecular weight is 438 g/mol. The van der Waals surface area contributed by atoms with E-state index in [0.29, 0.717) is 25.0 Å². The second-order valence-electron chi connectivity index (χ2n) is 8.21. The highest BCUT2D eigenvalue weighted by atomic mass is 19.1. The lowest BCUT2D eigenvalue weighted by Gasteiger charge is -2.20. The summed E-state index contributed by atoms with van der Waals surface area (Å²) >= 11 is 0. The standard InChI is InChI=1S/C25H28FN3O3/c1-2-32-24(30)17-28-14-5-6-20(13-15-28)29-25(31)22-8-4-3-7-21(22)23(27-29)16-18-9-11-19(26)12-10-18/h3-4,7-12,20H,2,5-6,13-17H2,1H3. The molecule has 1 aliphatic heterocycles. The third-order valence-electron chi connectivity index (χ3n) is 5.98. The van der Waals surface area contributed by atoms with Gasteiger partial charge >= 0.3 is 5.97 Å². The van der Waals surface area contributed by atoms with E-state index in [4.69, 9.17) is 9.84 Å². The van der Waals surface area contributed by atoms with Crippen molar-refractivity contribution in [2.24, 2.45) is 0 Å². The van der Waals surface area contributed by atoms with Crippen molar-refractivity contribution in [1.29, 1.82) is 0 Å². The van der Waals surface area contributed by atoms with Gasteiger partial charge in [0.1, 0.15) is 5.82 Å². The van der Waals surface area contributed by atoms with Crippen molar-refractivity contribution in [3.8, 4) is 0 Å². The van der Waals surface area contributed by atoms with E-state index in [9.17, 15) is 14.0 Å². The van der Waals surface area contributed by atoms with E-state index in [1.54, 1.807) is 23.7 Å². The number of esters is 1. The van der Waals surface area contributed by atoms with Crippen molar-refractivity contribution in [1.82, 2.24) is 14.7 Å². The quantitative estimate of drug-likeness (QED) is 0.550. The number of halogens is 1. The summed E-state index contributed by atoms with van der Waals surface area (Å²) in [6.07, 6.45) is 2.95. The fraction of sp³-hybridized carbons (Fsp3) is 0.400. The summed E-state index contributed by atoms with van der Waals surface area (Å²) in [6, 6.07) is 13.9. The van der Waals surface area contributed by atoms with Crippen molar-refractivity contribution in [2.45, 2.75) is 38.6 Å². The molecule has 0 amide bonds. The third-order valence-corrected chi connectivity index (χ3v) is 5.98. The molecule has 32 heavy (non-hydrogen) atoms. The molecule has 3 aromatic rings. The molecule has 6 nitrogen and oxygen atoms in total. The molecule has 0 bridgehead atoms. The van der Waals surface area contributed by atoms with Crippen LogP contribution in [0.2, 0.25) is 0 Å². The normalized spacial score (nSPS) is 17.2. The molecule has 0 N–H and O–H groups in total. The maximum absolute atomic E-state index is 13.3. The van der Waals surface area contributed by atoms with Crippen LogP contribution in [0.15, 0.2) is 53.3 Å². The Kier molecular flexibility index (Phi) is 6.95. The Bertz CT molecular complexity index is 1140. The van der Waals surface area contributed by atoms with Crippen LogP contribution in [-0.2, 0) is 16.0 Å². The number of hydrogen-bond acceptors (Lipinski definition) is 5. The number of rotatable bonds is 6. The van der Waals surface area contributed by atoms with Gasteiger partial charge in [-0.15, -0.1) is 0 Å². The lowest BCUT2D eigenvalue weighted by atomic mass is 10.0. The van der Waals surface area contributed by atoms with Gasteiger partial charge in [-0.05, 0) is 56.5 Å². The fourth-order valence-corrected chi connectivity index (χ4v) is 4.38. The molecular formula is C25H28FN3O3. The number of hydrogen-bond donors (Lipinski definition) is 0. The number of carbonyl (C=O) groups is 1. The average Bonchev–Trinajstić information content (AvgIpc) is 3.03. The molecule has 0 spiro atoms. The van der Waals surface area contributed by atoms with Crippen molar-refractivity contribution in [2.75, 3.05) is 26.2 Å². The molecule has 1 aromatic heterocycles. The number of benzene rings is 2. The van der Waals surface area contributed by atoms with Crippen molar-refractivity contribution in [3.05, 3.63) is 76.0 Å². The minimum atomic E-state index is -0.276. The Labute approximate surface area is 186 Å². The van der Waals surface area contributed by atoms with Crippen LogP contribution in [0.25, 0.3) is 10.8 Å². The van der Waals surface area contributed by atoms with Gasteiger partial charge in [-0.25, -0.2) is 9.07 Å². The van der Waals surface area contributed by atoms with Crippen LogP contribution in [0.3, 0.4) is 0 Å². The summed E-state index contributed by atoms with van der Waals surface area (Å²) < 4.78 is 20.0. The van der Waals surface area contributed by atoms with Gasteiger partial charge in [-0.2, -0.15) is 5.10 Å². The maximum atomic E-state index is 13.3. The molecule has 0 saturated carbocycles. The Morgan fingerprint density at radius 2 is 1.84 bits per heavy atom. The lowest BCUT2D eigenvalue weighted by Crippen LogP contribution is -2.33. The second kappa shape index (κ2) is 10.0. The molecule has 0 radical (unpaired) electrons. The summed E-state index contributed by atoms with van der Waals surface area (Å²) in [7, 11) is 0. The van der Waals surface area contributed by atoms with Gasteiger partial charge < -0.3 is 4.74 Å². The van der Waals surface area contributed by atoms with Crippen LogP contribution < -0.4 is 5.56 Å². The van der Waals surface area contributed by atoms with Gasteiger partial charge in [-0.1, -0.05) is 30.3 Å². The van der Waals surface area contributed by atoms with Crippen LogP contribution in [0, 0.1) is 5.82 Å². The van der Waals surface area contributed by atoms with Crippen molar-refractivity contribution >= 4 is 16.7 Å². The fourth-order valence-electron chi connectivity index (χ4n) is 4.38. The zero-order chi connectivity index (χ0) is 22.5. The van der Waals surface area contributed by atoms with Crippen LogP contribution >= 0.6 is 0 Å². The zero-order valence-electron chi connectivity index (χ0n) is 18.3. The minimum Gasteiger partial charge on any atom is -0.465 e. The molecule has 7 heteroatoms. The Hall–Kier alpha value is -3.06. The first-order chi connectivity index (χ1) is 15.5. The zero-order valence-corrected chi connectivity index (χ0v) is 18.3. The number of likely N-dealkylation sites (tertiary alicyclic amines) is 1. The Balaban J connectivity index is 1.62. The number of fused-ring (bicyclic) bond motifs is 1. The third kappa shape index (κ3) is 5.05. The molecule has 168 valence electrons. The van der Waals surface area contributed by atoms with Crippen molar-refractivity contribution in [3.63, 3.8) is 0 Å². The summed E-state index contributed by atoms with van der Waals surface area (Å²) in [5.74, 6) is -0.490. The van der Waals surface area contributed by atoms with E-state index < -0.39 is 0 Å². The van der Waals surface area contributed by atoms with Crippen LogP contribution in [0.4, 0.5) is 4.39 Å². The number of aromatic nitrogens is 2. The molecule has 1 unspecified atom stereocenters. The smallest absolute Gasteiger partial charge is 0.320 e. The molecule has 4 rings (SSSR count). The number of ether oxygens (including phenoxy) is 1. The van der Waals surface area contributed by atoms with Crippen molar-refractivity contribution < 1.29 is 13.9 Å². The Morgan fingerprint density at radius 1 is 1.09 bits per heavy atom. The molecule has 0 aliphatic carbocycles. The van der Waals surface area contributed by atoms with Gasteiger partial charge in [0.15, 0.2) is 0 Å². The first-order valence-corrected chi connectivity index (χ1v) is 11.2. The highest BCUT2D eigenvalue weighted by molar-refractivity contribution is 5.83. The minimum absolute atomic E-state index is 0.0359. The largest absolute Gasteiger partial charge is 0.465 e. The summed E-state index contributed by atoms with van der Waals surface area (Å²) in [5, 5.41) is 6.27. The van der Waals surface area contributed by atoms with Crippen LogP contribution in [0.5, 0.6) is 0 Å². The second-order valence-corrected chi connectivity index (χ2v) is 8.21. The van der Waals surface area contributed by atoms with Gasteiger partial charge in [0.05, 0.1) is 30.3 Å². The predicted molar refractivity (Wildman–Crippen MR) is 121 cm³/mol.